The Morgan fingerprint density at radius 2 is 1.84 bits per heavy atom. The number of aromatic nitrogens is 2. The maximum absolute atomic E-state index is 13.7. The van der Waals surface area contributed by atoms with Gasteiger partial charge in [-0.25, -0.2) is 0 Å². The van der Waals surface area contributed by atoms with E-state index in [4.69, 9.17) is 4.74 Å². The number of benzene rings is 2. The van der Waals surface area contributed by atoms with Crippen LogP contribution >= 0.6 is 0 Å². The predicted molar refractivity (Wildman–Crippen MR) is 149 cm³/mol. The van der Waals surface area contributed by atoms with Crippen LogP contribution in [-0.2, 0) is 16.1 Å². The number of pyridine rings is 1. The molecule has 0 bridgehead atoms. The number of aromatic amines is 1. The molecule has 1 aliphatic carbocycles. The molecule has 0 spiro atoms. The number of rotatable bonds is 9. The van der Waals surface area contributed by atoms with Gasteiger partial charge in [-0.15, -0.1) is 0 Å². The van der Waals surface area contributed by atoms with Crippen molar-refractivity contribution < 1.29 is 14.3 Å². The molecule has 2 aromatic carbocycles. The van der Waals surface area contributed by atoms with Crippen LogP contribution in [0.25, 0.3) is 10.9 Å². The molecule has 2 heterocycles. The number of carbonyl (C=O) groups is 2. The number of ether oxygens (including phenoxy) is 1. The Morgan fingerprint density at radius 1 is 1.08 bits per heavy atom. The predicted octanol–water partition coefficient (Wildman–Crippen LogP) is 5.68. The van der Waals surface area contributed by atoms with E-state index in [1.807, 2.05) is 18.2 Å². The number of H-pyrrole nitrogens is 1. The minimum atomic E-state index is -0.244. The van der Waals surface area contributed by atoms with Gasteiger partial charge in [0.2, 0.25) is 11.8 Å². The van der Waals surface area contributed by atoms with Crippen LogP contribution in [0.2, 0.25) is 0 Å². The highest BCUT2D eigenvalue weighted by Crippen LogP contribution is 2.67. The van der Waals surface area contributed by atoms with Crippen LogP contribution in [0.4, 0.5) is 5.69 Å². The summed E-state index contributed by atoms with van der Waals surface area (Å²) in [4.78, 5) is 36.0. The summed E-state index contributed by atoms with van der Waals surface area (Å²) in [6.07, 6.45) is 3.82. The molecule has 1 saturated carbocycles. The molecular formula is C31H34N4O3. The summed E-state index contributed by atoms with van der Waals surface area (Å²) in [5.74, 6) is 0.900. The van der Waals surface area contributed by atoms with Gasteiger partial charge >= 0.3 is 0 Å². The van der Waals surface area contributed by atoms with E-state index in [1.165, 1.54) is 10.9 Å². The minimum Gasteiger partial charge on any atom is -0.497 e. The monoisotopic (exact) mass is 510 g/mol. The number of aryl methyl sites for hydroxylation is 1. The lowest BCUT2D eigenvalue weighted by Crippen LogP contribution is -2.38. The first-order chi connectivity index (χ1) is 18.3. The van der Waals surface area contributed by atoms with E-state index in [1.54, 1.807) is 48.7 Å². The zero-order valence-corrected chi connectivity index (χ0v) is 22.3. The van der Waals surface area contributed by atoms with Crippen molar-refractivity contribution in [1.29, 1.82) is 0 Å². The lowest BCUT2D eigenvalue weighted by atomic mass is 10.0. The molecule has 4 aromatic rings. The summed E-state index contributed by atoms with van der Waals surface area (Å²) in [5, 5.41) is 4.13. The topological polar surface area (TPSA) is 87.3 Å². The fraction of sp³-hybridized carbons (Fsp3) is 0.323. The van der Waals surface area contributed by atoms with Crippen molar-refractivity contribution in [2.75, 3.05) is 19.0 Å². The van der Waals surface area contributed by atoms with Crippen LogP contribution in [0.5, 0.6) is 5.75 Å². The van der Waals surface area contributed by atoms with Crippen LogP contribution < -0.4 is 10.1 Å². The van der Waals surface area contributed by atoms with Crippen molar-refractivity contribution in [1.82, 2.24) is 14.9 Å². The van der Waals surface area contributed by atoms with Gasteiger partial charge in [-0.3, -0.25) is 14.6 Å². The van der Waals surface area contributed by atoms with Gasteiger partial charge in [0.25, 0.3) is 0 Å². The molecule has 38 heavy (non-hydrogen) atoms. The Hall–Kier alpha value is -4.13. The molecule has 7 nitrogen and oxygen atoms in total. The summed E-state index contributed by atoms with van der Waals surface area (Å²) in [7, 11) is 1.60. The first-order valence-electron chi connectivity index (χ1n) is 13.0. The van der Waals surface area contributed by atoms with E-state index in [0.717, 1.165) is 16.8 Å². The summed E-state index contributed by atoms with van der Waals surface area (Å²) in [5.41, 5.74) is 5.11. The van der Waals surface area contributed by atoms with Crippen LogP contribution in [0.15, 0.2) is 73.1 Å². The highest BCUT2D eigenvalue weighted by Gasteiger charge is 2.59. The summed E-state index contributed by atoms with van der Waals surface area (Å²) >= 11 is 0. The van der Waals surface area contributed by atoms with Crippen molar-refractivity contribution in [2.45, 2.75) is 39.7 Å². The summed E-state index contributed by atoms with van der Waals surface area (Å²) in [6.45, 7) is 6.87. The second kappa shape index (κ2) is 10.3. The number of hydrogen-bond donors (Lipinski definition) is 2. The molecule has 1 aliphatic rings. The van der Waals surface area contributed by atoms with E-state index in [2.05, 4.69) is 54.3 Å². The number of para-hydroxylation sites is 1. The first kappa shape index (κ1) is 25.5. The highest BCUT2D eigenvalue weighted by molar-refractivity contribution is 5.94. The van der Waals surface area contributed by atoms with Crippen LogP contribution in [0.1, 0.15) is 43.0 Å². The molecule has 2 atom stereocenters. The average molecular weight is 511 g/mol. The zero-order chi connectivity index (χ0) is 26.9. The van der Waals surface area contributed by atoms with E-state index in [-0.39, 0.29) is 35.6 Å². The molecule has 0 aliphatic heterocycles. The fourth-order valence-electron chi connectivity index (χ4n) is 5.71. The van der Waals surface area contributed by atoms with Crippen LogP contribution in [-0.4, -0.2) is 40.3 Å². The van der Waals surface area contributed by atoms with Crippen molar-refractivity contribution in [3.63, 3.8) is 0 Å². The number of amides is 2. The number of methoxy groups -OCH3 is 1. The normalized spacial score (nSPS) is 17.7. The van der Waals surface area contributed by atoms with Gasteiger partial charge in [0, 0.05) is 47.6 Å². The Bertz CT molecular complexity index is 1440. The van der Waals surface area contributed by atoms with Crippen molar-refractivity contribution in [2.24, 2.45) is 11.3 Å². The number of carbonyl (C=O) groups excluding carboxylic acids is 2. The molecular weight excluding hydrogens is 476 g/mol. The molecule has 0 radical (unpaired) electrons. The molecule has 7 heteroatoms. The fourth-order valence-corrected chi connectivity index (χ4v) is 5.71. The minimum absolute atomic E-state index is 0.0172. The second-order valence-corrected chi connectivity index (χ2v) is 10.7. The molecule has 1 fully saturated rings. The molecule has 0 saturated heterocycles. The second-order valence-electron chi connectivity index (χ2n) is 10.7. The van der Waals surface area contributed by atoms with Crippen molar-refractivity contribution in [3.8, 4) is 5.75 Å². The van der Waals surface area contributed by atoms with Gasteiger partial charge < -0.3 is 19.9 Å². The van der Waals surface area contributed by atoms with Gasteiger partial charge in [-0.1, -0.05) is 38.1 Å². The molecule has 5 rings (SSSR count). The van der Waals surface area contributed by atoms with Crippen LogP contribution in [0, 0.1) is 18.3 Å². The lowest BCUT2D eigenvalue weighted by molar-refractivity contribution is -0.135. The maximum Gasteiger partial charge on any atom is 0.244 e. The number of fused-ring (bicyclic) bond motifs is 1. The standard InChI is InChI=1S/C31H34N4O3/c1-20-29(24-9-5-6-10-26(24)33-20)30-25(31(30,2)3)16-28(37)35(18-21-8-7-15-32-17-21)19-27(36)34-22-11-13-23(38-4)14-12-22/h5-15,17,25,30,33H,16,18-19H2,1-4H3,(H,34,36)/t25-,30-/m0/s1. The van der Waals surface area contributed by atoms with Crippen LogP contribution in [0.3, 0.4) is 0 Å². The smallest absolute Gasteiger partial charge is 0.244 e. The van der Waals surface area contributed by atoms with Gasteiger partial charge in [0.1, 0.15) is 12.3 Å². The van der Waals surface area contributed by atoms with Crippen molar-refractivity contribution in [3.05, 3.63) is 89.9 Å². The number of nitrogens with one attached hydrogen (secondary N) is 2. The number of nitrogens with zero attached hydrogens (tertiary/aromatic N) is 2. The zero-order valence-electron chi connectivity index (χ0n) is 22.3. The van der Waals surface area contributed by atoms with Crippen molar-refractivity contribution >= 4 is 28.4 Å². The molecule has 0 unspecified atom stereocenters. The average Bonchev–Trinajstić information content (AvgIpc) is 3.26. The summed E-state index contributed by atoms with van der Waals surface area (Å²) in [6, 6.07) is 19.3. The van der Waals surface area contributed by atoms with E-state index in [9.17, 15) is 9.59 Å². The van der Waals surface area contributed by atoms with Gasteiger partial charge in [0.15, 0.2) is 0 Å². The SMILES string of the molecule is COc1ccc(NC(=O)CN(Cc2cccnc2)C(=O)C[C@H]2[C@@H](c3c(C)[nH]c4ccccc34)C2(C)C)cc1. The Balaban J connectivity index is 1.33. The Morgan fingerprint density at radius 3 is 2.55 bits per heavy atom. The lowest BCUT2D eigenvalue weighted by Gasteiger charge is -2.23. The van der Waals surface area contributed by atoms with Gasteiger partial charge in [-0.05, 0) is 71.7 Å². The molecule has 2 amide bonds. The summed E-state index contributed by atoms with van der Waals surface area (Å²) < 4.78 is 5.19. The quantitative estimate of drug-likeness (QED) is 0.303. The number of hydrogen-bond acceptors (Lipinski definition) is 4. The van der Waals surface area contributed by atoms with E-state index < -0.39 is 0 Å². The highest BCUT2D eigenvalue weighted by atomic mass is 16.5. The third kappa shape index (κ3) is 5.14. The van der Waals surface area contributed by atoms with Gasteiger partial charge in [0.05, 0.1) is 7.11 Å². The number of anilines is 1. The Kier molecular flexibility index (Phi) is 6.93. The first-order valence-corrected chi connectivity index (χ1v) is 13.0. The largest absolute Gasteiger partial charge is 0.497 e. The third-order valence-electron chi connectivity index (χ3n) is 7.86. The molecule has 2 N–H and O–H groups in total. The molecule has 2 aromatic heterocycles. The maximum atomic E-state index is 13.7. The Labute approximate surface area is 223 Å². The van der Waals surface area contributed by atoms with Gasteiger partial charge in [-0.2, -0.15) is 0 Å². The van der Waals surface area contributed by atoms with E-state index in [0.29, 0.717) is 24.4 Å². The molecule has 196 valence electrons. The third-order valence-corrected chi connectivity index (χ3v) is 7.86. The van der Waals surface area contributed by atoms with E-state index >= 15 is 0 Å².